The summed E-state index contributed by atoms with van der Waals surface area (Å²) in [6.45, 7) is 3.90. The molecule has 2 rings (SSSR count). The van der Waals surface area contributed by atoms with E-state index < -0.39 is 6.04 Å². The van der Waals surface area contributed by atoms with Gasteiger partial charge in [0.2, 0.25) is 11.8 Å². The van der Waals surface area contributed by atoms with Gasteiger partial charge in [0.1, 0.15) is 6.04 Å². The lowest BCUT2D eigenvalue weighted by Gasteiger charge is -2.20. The molecule has 16 heavy (non-hydrogen) atoms. The summed E-state index contributed by atoms with van der Waals surface area (Å²) < 4.78 is 0. The van der Waals surface area contributed by atoms with Gasteiger partial charge in [-0.2, -0.15) is 5.26 Å². The van der Waals surface area contributed by atoms with Crippen LogP contribution >= 0.6 is 0 Å². The lowest BCUT2D eigenvalue weighted by atomic mass is 10.00. The Morgan fingerprint density at radius 3 is 2.25 bits per heavy atom. The zero-order valence-corrected chi connectivity index (χ0v) is 9.64. The SMILES string of the molecule is CCC(C#N)N1C(=O)C2CC(C)CC2C1=O. The maximum absolute atomic E-state index is 12.1. The molecule has 4 heteroatoms. The van der Waals surface area contributed by atoms with Crippen LogP contribution in [0.5, 0.6) is 0 Å². The third kappa shape index (κ3) is 1.42. The van der Waals surface area contributed by atoms with Gasteiger partial charge in [0.15, 0.2) is 0 Å². The Labute approximate surface area is 95.2 Å². The molecule has 0 N–H and O–H groups in total. The van der Waals surface area contributed by atoms with Crippen molar-refractivity contribution in [1.29, 1.82) is 5.26 Å². The second kappa shape index (κ2) is 3.89. The first-order chi connectivity index (χ1) is 7.60. The number of imide groups is 1. The second-order valence-corrected chi connectivity index (χ2v) is 4.89. The van der Waals surface area contributed by atoms with Crippen molar-refractivity contribution in [3.8, 4) is 6.07 Å². The van der Waals surface area contributed by atoms with Gasteiger partial charge >= 0.3 is 0 Å². The van der Waals surface area contributed by atoms with E-state index in [1.54, 1.807) is 0 Å². The summed E-state index contributed by atoms with van der Waals surface area (Å²) in [5.74, 6) is -0.0810. The largest absolute Gasteiger partial charge is 0.274 e. The molecule has 0 spiro atoms. The zero-order valence-electron chi connectivity index (χ0n) is 9.64. The Hall–Kier alpha value is -1.37. The first-order valence-corrected chi connectivity index (χ1v) is 5.86. The zero-order chi connectivity index (χ0) is 11.9. The van der Waals surface area contributed by atoms with E-state index in [1.807, 2.05) is 13.0 Å². The Balaban J connectivity index is 2.24. The van der Waals surface area contributed by atoms with Crippen molar-refractivity contribution in [2.24, 2.45) is 17.8 Å². The summed E-state index contributed by atoms with van der Waals surface area (Å²) in [6.07, 6.45) is 2.12. The molecular weight excluding hydrogens is 204 g/mol. The van der Waals surface area contributed by atoms with E-state index in [1.165, 1.54) is 4.90 Å². The second-order valence-electron chi connectivity index (χ2n) is 4.89. The molecule has 0 radical (unpaired) electrons. The number of carbonyl (C=O) groups is 2. The summed E-state index contributed by atoms with van der Waals surface area (Å²) in [5, 5.41) is 8.94. The maximum atomic E-state index is 12.1. The van der Waals surface area contributed by atoms with Crippen molar-refractivity contribution in [2.75, 3.05) is 0 Å². The standard InChI is InChI=1S/C12H16N2O2/c1-3-8(6-13)14-11(15)9-4-7(2)5-10(9)12(14)16/h7-10H,3-5H2,1-2H3. The van der Waals surface area contributed by atoms with Gasteiger partial charge in [-0.05, 0) is 25.2 Å². The summed E-state index contributed by atoms with van der Waals surface area (Å²) in [5.41, 5.74) is 0. The molecule has 1 saturated carbocycles. The van der Waals surface area contributed by atoms with Crippen molar-refractivity contribution < 1.29 is 9.59 Å². The van der Waals surface area contributed by atoms with E-state index in [4.69, 9.17) is 5.26 Å². The Bertz CT molecular complexity index is 348. The fourth-order valence-corrected chi connectivity index (χ4v) is 2.94. The Kier molecular flexibility index (Phi) is 2.71. The minimum Gasteiger partial charge on any atom is -0.274 e. The fraction of sp³-hybridized carbons (Fsp3) is 0.750. The van der Waals surface area contributed by atoms with Gasteiger partial charge in [0, 0.05) is 0 Å². The molecule has 2 amide bonds. The number of rotatable bonds is 2. The van der Waals surface area contributed by atoms with Crippen LogP contribution in [-0.2, 0) is 9.59 Å². The fourth-order valence-electron chi connectivity index (χ4n) is 2.94. The summed E-state index contributed by atoms with van der Waals surface area (Å²) in [7, 11) is 0. The molecular formula is C12H16N2O2. The van der Waals surface area contributed by atoms with Gasteiger partial charge in [-0.25, -0.2) is 0 Å². The van der Waals surface area contributed by atoms with Gasteiger partial charge in [-0.15, -0.1) is 0 Å². The third-order valence-corrected chi connectivity index (χ3v) is 3.75. The van der Waals surface area contributed by atoms with E-state index in [0.717, 1.165) is 12.8 Å². The molecule has 0 bridgehead atoms. The van der Waals surface area contributed by atoms with E-state index in [2.05, 4.69) is 6.92 Å². The third-order valence-electron chi connectivity index (χ3n) is 3.75. The van der Waals surface area contributed by atoms with Crippen molar-refractivity contribution in [2.45, 2.75) is 39.2 Å². The number of carbonyl (C=O) groups excluding carboxylic acids is 2. The van der Waals surface area contributed by atoms with E-state index in [9.17, 15) is 9.59 Å². The quantitative estimate of drug-likeness (QED) is 0.659. The molecule has 2 fully saturated rings. The van der Waals surface area contributed by atoms with Gasteiger partial charge in [-0.3, -0.25) is 14.5 Å². The highest BCUT2D eigenvalue weighted by molar-refractivity contribution is 6.06. The first-order valence-electron chi connectivity index (χ1n) is 5.86. The van der Waals surface area contributed by atoms with Crippen LogP contribution in [0.25, 0.3) is 0 Å². The maximum Gasteiger partial charge on any atom is 0.234 e. The van der Waals surface area contributed by atoms with Crippen LogP contribution in [0.15, 0.2) is 0 Å². The van der Waals surface area contributed by atoms with Gasteiger partial charge in [0.05, 0.1) is 17.9 Å². The highest BCUT2D eigenvalue weighted by Gasteiger charge is 2.53. The van der Waals surface area contributed by atoms with E-state index in [0.29, 0.717) is 12.3 Å². The average Bonchev–Trinajstić information content (AvgIpc) is 2.74. The molecule has 1 aliphatic heterocycles. The molecule has 3 unspecified atom stereocenters. The van der Waals surface area contributed by atoms with Crippen LogP contribution in [-0.4, -0.2) is 22.8 Å². The van der Waals surface area contributed by atoms with Crippen molar-refractivity contribution in [3.63, 3.8) is 0 Å². The number of nitrogens with zero attached hydrogens (tertiary/aromatic N) is 2. The molecule has 86 valence electrons. The molecule has 0 aromatic rings. The molecule has 4 nitrogen and oxygen atoms in total. The smallest absolute Gasteiger partial charge is 0.234 e. The van der Waals surface area contributed by atoms with Crippen LogP contribution in [0.2, 0.25) is 0 Å². The lowest BCUT2D eigenvalue weighted by molar-refractivity contribution is -0.142. The molecule has 1 heterocycles. The highest BCUT2D eigenvalue weighted by Crippen LogP contribution is 2.43. The monoisotopic (exact) mass is 220 g/mol. The predicted octanol–water partition coefficient (Wildman–Crippen LogP) is 1.32. The highest BCUT2D eigenvalue weighted by atomic mass is 16.2. The summed E-state index contributed by atoms with van der Waals surface area (Å²) >= 11 is 0. The number of fused-ring (bicyclic) bond motifs is 1. The first kappa shape index (κ1) is 11.1. The molecule has 1 saturated heterocycles. The molecule has 2 aliphatic rings. The van der Waals surface area contributed by atoms with Crippen molar-refractivity contribution >= 4 is 11.8 Å². The van der Waals surface area contributed by atoms with E-state index >= 15 is 0 Å². The Morgan fingerprint density at radius 2 is 1.88 bits per heavy atom. The normalized spacial score (nSPS) is 35.1. The summed E-state index contributed by atoms with van der Waals surface area (Å²) in [4.78, 5) is 25.3. The molecule has 0 aromatic carbocycles. The minimum absolute atomic E-state index is 0.118. The molecule has 3 atom stereocenters. The number of hydrogen-bond acceptors (Lipinski definition) is 3. The van der Waals surface area contributed by atoms with Crippen LogP contribution in [0, 0.1) is 29.1 Å². The average molecular weight is 220 g/mol. The molecule has 0 aromatic heterocycles. The van der Waals surface area contributed by atoms with Crippen molar-refractivity contribution in [3.05, 3.63) is 0 Å². The number of amides is 2. The minimum atomic E-state index is -0.569. The van der Waals surface area contributed by atoms with Crippen LogP contribution in [0.4, 0.5) is 0 Å². The number of likely N-dealkylation sites (tertiary alicyclic amines) is 1. The van der Waals surface area contributed by atoms with E-state index in [-0.39, 0.29) is 23.7 Å². The summed E-state index contributed by atoms with van der Waals surface area (Å²) in [6, 6.07) is 1.47. The van der Waals surface area contributed by atoms with Crippen LogP contribution < -0.4 is 0 Å². The topological polar surface area (TPSA) is 61.2 Å². The van der Waals surface area contributed by atoms with Crippen LogP contribution in [0.1, 0.15) is 33.1 Å². The van der Waals surface area contributed by atoms with Crippen LogP contribution in [0.3, 0.4) is 0 Å². The van der Waals surface area contributed by atoms with Gasteiger partial charge in [-0.1, -0.05) is 13.8 Å². The predicted molar refractivity (Wildman–Crippen MR) is 56.9 cm³/mol. The van der Waals surface area contributed by atoms with Crippen molar-refractivity contribution in [1.82, 2.24) is 4.90 Å². The number of nitriles is 1. The molecule has 1 aliphatic carbocycles. The Morgan fingerprint density at radius 1 is 1.38 bits per heavy atom. The van der Waals surface area contributed by atoms with Gasteiger partial charge in [0.25, 0.3) is 0 Å². The van der Waals surface area contributed by atoms with Gasteiger partial charge < -0.3 is 0 Å². The lowest BCUT2D eigenvalue weighted by Crippen LogP contribution is -2.40. The number of hydrogen-bond donors (Lipinski definition) is 0.